The van der Waals surface area contributed by atoms with Gasteiger partial charge in [0.25, 0.3) is 0 Å². The summed E-state index contributed by atoms with van der Waals surface area (Å²) in [5.41, 5.74) is 8.51. The number of aromatic nitrogens is 3. The topological polar surface area (TPSA) is 85.8 Å². The van der Waals surface area contributed by atoms with Crippen molar-refractivity contribution in [1.29, 1.82) is 0 Å². The molecule has 2 aromatic heterocycles. The lowest BCUT2D eigenvalue weighted by Crippen LogP contribution is -2.51. The normalized spacial score (nSPS) is 17.0. The Balaban J connectivity index is 1.84. The van der Waals surface area contributed by atoms with Crippen molar-refractivity contribution < 1.29 is 4.79 Å². The van der Waals surface area contributed by atoms with E-state index in [-0.39, 0.29) is 11.4 Å². The molecule has 4 rings (SSSR count). The van der Waals surface area contributed by atoms with Crippen LogP contribution in [0, 0.1) is 0 Å². The number of hydrogen-bond donors (Lipinski definition) is 2. The van der Waals surface area contributed by atoms with E-state index in [9.17, 15) is 4.79 Å². The number of imidazole rings is 1. The molecule has 6 nitrogen and oxygen atoms in total. The standard InChI is InChI=1S/C19H23N5O/c1-13(25)23-19(9-5-2-6-10-19)11-24-12-21-16-17(24)14-7-3-4-8-15(14)22-18(16)20/h3-4,7-8,12H,2,5-6,9-11H2,1H3,(H2,20,22)(H,23,25). The molecular weight excluding hydrogens is 314 g/mol. The first kappa shape index (κ1) is 15.9. The van der Waals surface area contributed by atoms with E-state index >= 15 is 0 Å². The molecule has 0 unspecified atom stereocenters. The molecule has 1 aliphatic carbocycles. The average Bonchev–Trinajstić information content (AvgIpc) is 2.99. The zero-order valence-electron chi connectivity index (χ0n) is 14.5. The maximum absolute atomic E-state index is 11.8. The van der Waals surface area contributed by atoms with Crippen molar-refractivity contribution in [3.8, 4) is 0 Å². The van der Waals surface area contributed by atoms with Crippen LogP contribution in [0.3, 0.4) is 0 Å². The minimum Gasteiger partial charge on any atom is -0.382 e. The molecule has 3 aromatic rings. The van der Waals surface area contributed by atoms with Crippen LogP contribution >= 0.6 is 0 Å². The van der Waals surface area contributed by atoms with E-state index in [1.807, 2.05) is 30.6 Å². The van der Waals surface area contributed by atoms with Crippen LogP contribution in [0.4, 0.5) is 5.82 Å². The summed E-state index contributed by atoms with van der Waals surface area (Å²) in [6.07, 6.45) is 7.31. The zero-order chi connectivity index (χ0) is 17.4. The summed E-state index contributed by atoms with van der Waals surface area (Å²) in [6, 6.07) is 7.98. The largest absolute Gasteiger partial charge is 0.382 e. The first-order chi connectivity index (χ1) is 12.1. The number of anilines is 1. The van der Waals surface area contributed by atoms with Gasteiger partial charge in [0.15, 0.2) is 5.82 Å². The Morgan fingerprint density at radius 3 is 2.80 bits per heavy atom. The van der Waals surface area contributed by atoms with Gasteiger partial charge in [0.05, 0.1) is 22.9 Å². The maximum atomic E-state index is 11.8. The summed E-state index contributed by atoms with van der Waals surface area (Å²) in [5, 5.41) is 4.27. The number of benzene rings is 1. The van der Waals surface area contributed by atoms with Crippen LogP contribution in [0.1, 0.15) is 39.0 Å². The Kier molecular flexibility index (Phi) is 3.82. The van der Waals surface area contributed by atoms with E-state index in [2.05, 4.69) is 19.9 Å². The third-order valence-corrected chi connectivity index (χ3v) is 5.21. The molecule has 0 spiro atoms. The minimum atomic E-state index is -0.211. The highest BCUT2D eigenvalue weighted by Crippen LogP contribution is 2.33. The third kappa shape index (κ3) is 2.81. The molecule has 0 radical (unpaired) electrons. The second kappa shape index (κ2) is 6.02. The molecule has 0 saturated heterocycles. The van der Waals surface area contributed by atoms with Gasteiger partial charge in [-0.3, -0.25) is 4.79 Å². The molecule has 0 bridgehead atoms. The summed E-state index contributed by atoms with van der Waals surface area (Å²) >= 11 is 0. The van der Waals surface area contributed by atoms with Crippen LogP contribution in [-0.4, -0.2) is 26.0 Å². The number of nitrogens with zero attached hydrogens (tertiary/aromatic N) is 3. The van der Waals surface area contributed by atoms with Crippen molar-refractivity contribution in [2.75, 3.05) is 5.73 Å². The van der Waals surface area contributed by atoms with E-state index in [0.717, 1.165) is 47.6 Å². The molecule has 1 fully saturated rings. The molecule has 0 atom stereocenters. The van der Waals surface area contributed by atoms with E-state index in [4.69, 9.17) is 5.73 Å². The van der Waals surface area contributed by atoms with Crippen LogP contribution in [-0.2, 0) is 11.3 Å². The molecular formula is C19H23N5O. The van der Waals surface area contributed by atoms with Gasteiger partial charge in [0.2, 0.25) is 5.91 Å². The van der Waals surface area contributed by atoms with Gasteiger partial charge in [-0.1, -0.05) is 37.5 Å². The van der Waals surface area contributed by atoms with Crippen molar-refractivity contribution >= 4 is 33.7 Å². The molecule has 0 aliphatic heterocycles. The Morgan fingerprint density at radius 1 is 1.28 bits per heavy atom. The van der Waals surface area contributed by atoms with Crippen LogP contribution < -0.4 is 11.1 Å². The smallest absolute Gasteiger partial charge is 0.217 e. The van der Waals surface area contributed by atoms with E-state index in [1.165, 1.54) is 6.42 Å². The van der Waals surface area contributed by atoms with Crippen LogP contribution in [0.15, 0.2) is 30.6 Å². The summed E-state index contributed by atoms with van der Waals surface area (Å²) in [6.45, 7) is 2.30. The molecule has 2 heterocycles. The summed E-state index contributed by atoms with van der Waals surface area (Å²) < 4.78 is 2.14. The van der Waals surface area contributed by atoms with Gasteiger partial charge in [0.1, 0.15) is 5.52 Å². The number of para-hydroxylation sites is 1. The number of carbonyl (C=O) groups is 1. The van der Waals surface area contributed by atoms with E-state index < -0.39 is 0 Å². The van der Waals surface area contributed by atoms with Gasteiger partial charge >= 0.3 is 0 Å². The van der Waals surface area contributed by atoms with Gasteiger partial charge in [-0.05, 0) is 18.9 Å². The van der Waals surface area contributed by atoms with Gasteiger partial charge in [-0.2, -0.15) is 0 Å². The van der Waals surface area contributed by atoms with Crippen molar-refractivity contribution in [3.63, 3.8) is 0 Å². The third-order valence-electron chi connectivity index (χ3n) is 5.21. The van der Waals surface area contributed by atoms with Gasteiger partial charge in [-0.15, -0.1) is 0 Å². The Labute approximate surface area is 146 Å². The van der Waals surface area contributed by atoms with E-state index in [0.29, 0.717) is 12.4 Å². The number of fused-ring (bicyclic) bond motifs is 3. The number of rotatable bonds is 3. The van der Waals surface area contributed by atoms with Crippen LogP contribution in [0.2, 0.25) is 0 Å². The highest BCUT2D eigenvalue weighted by Gasteiger charge is 2.33. The first-order valence-corrected chi connectivity index (χ1v) is 8.86. The van der Waals surface area contributed by atoms with Crippen molar-refractivity contribution in [3.05, 3.63) is 30.6 Å². The summed E-state index contributed by atoms with van der Waals surface area (Å²) in [5.74, 6) is 0.474. The van der Waals surface area contributed by atoms with Crippen molar-refractivity contribution in [2.45, 2.75) is 51.1 Å². The lowest BCUT2D eigenvalue weighted by molar-refractivity contribution is -0.121. The highest BCUT2D eigenvalue weighted by molar-refractivity contribution is 6.06. The number of hydrogen-bond acceptors (Lipinski definition) is 4. The van der Waals surface area contributed by atoms with Gasteiger partial charge < -0.3 is 15.6 Å². The Morgan fingerprint density at radius 2 is 2.04 bits per heavy atom. The molecule has 6 heteroatoms. The molecule has 3 N–H and O–H groups in total. The monoisotopic (exact) mass is 337 g/mol. The average molecular weight is 337 g/mol. The Bertz CT molecular complexity index is 940. The molecule has 25 heavy (non-hydrogen) atoms. The quantitative estimate of drug-likeness (QED) is 0.769. The number of carbonyl (C=O) groups excluding carboxylic acids is 1. The summed E-state index contributed by atoms with van der Waals surface area (Å²) in [7, 11) is 0. The predicted molar refractivity (Wildman–Crippen MR) is 99.1 cm³/mol. The first-order valence-electron chi connectivity index (χ1n) is 8.86. The molecule has 1 saturated carbocycles. The van der Waals surface area contributed by atoms with Crippen molar-refractivity contribution in [1.82, 2.24) is 19.9 Å². The molecule has 1 amide bonds. The van der Waals surface area contributed by atoms with Gasteiger partial charge in [0, 0.05) is 18.9 Å². The minimum absolute atomic E-state index is 0.0253. The number of amides is 1. The lowest BCUT2D eigenvalue weighted by Gasteiger charge is -2.38. The fourth-order valence-electron chi connectivity index (χ4n) is 4.18. The van der Waals surface area contributed by atoms with Crippen LogP contribution in [0.5, 0.6) is 0 Å². The number of pyridine rings is 1. The summed E-state index contributed by atoms with van der Waals surface area (Å²) in [4.78, 5) is 20.8. The number of nitrogens with one attached hydrogen (secondary N) is 1. The number of nitrogens with two attached hydrogens (primary N) is 1. The van der Waals surface area contributed by atoms with Crippen molar-refractivity contribution in [2.24, 2.45) is 0 Å². The van der Waals surface area contributed by atoms with Crippen LogP contribution in [0.25, 0.3) is 21.9 Å². The SMILES string of the molecule is CC(=O)NC1(Cn2cnc3c(N)nc4ccccc4c32)CCCCC1. The Hall–Kier alpha value is -2.63. The zero-order valence-corrected chi connectivity index (χ0v) is 14.5. The molecule has 1 aromatic carbocycles. The lowest BCUT2D eigenvalue weighted by atomic mass is 9.81. The molecule has 1 aliphatic rings. The predicted octanol–water partition coefficient (Wildman–Crippen LogP) is 3.01. The highest BCUT2D eigenvalue weighted by atomic mass is 16.1. The fourth-order valence-corrected chi connectivity index (χ4v) is 4.18. The van der Waals surface area contributed by atoms with Gasteiger partial charge in [-0.25, -0.2) is 9.97 Å². The maximum Gasteiger partial charge on any atom is 0.217 e. The molecule has 130 valence electrons. The second-order valence-corrected chi connectivity index (χ2v) is 7.11. The van der Waals surface area contributed by atoms with E-state index in [1.54, 1.807) is 6.92 Å². The second-order valence-electron chi connectivity index (χ2n) is 7.11. The number of nitrogen functional groups attached to an aromatic ring is 1. The fraction of sp³-hybridized carbons (Fsp3) is 0.421.